The second-order valence-corrected chi connectivity index (χ2v) is 11.9. The average molecular weight is 491 g/mol. The Morgan fingerprint density at radius 2 is 1.71 bits per heavy atom. The van der Waals surface area contributed by atoms with Crippen LogP contribution in [0.25, 0.3) is 0 Å². The molecule has 3 fully saturated rings. The van der Waals surface area contributed by atoms with Crippen molar-refractivity contribution in [3.8, 4) is 0 Å². The van der Waals surface area contributed by atoms with Gasteiger partial charge in [0.05, 0.1) is 5.92 Å². The Bertz CT molecular complexity index is 770. The van der Waals surface area contributed by atoms with E-state index < -0.39 is 0 Å². The highest BCUT2D eigenvalue weighted by Crippen LogP contribution is 2.37. The van der Waals surface area contributed by atoms with E-state index in [2.05, 4.69) is 10.6 Å². The predicted molar refractivity (Wildman–Crippen MR) is 135 cm³/mol. The molecule has 8 nitrogen and oxygen atoms in total. The monoisotopic (exact) mass is 490 g/mol. The second-order valence-electron chi connectivity index (χ2n) is 11.9. The van der Waals surface area contributed by atoms with Crippen LogP contribution >= 0.6 is 0 Å². The number of carbonyl (C=O) groups excluding carboxylic acids is 4. The molecule has 0 aromatic heterocycles. The zero-order chi connectivity index (χ0) is 25.6. The average Bonchev–Trinajstić information content (AvgIpc) is 3.41. The molecule has 1 unspecified atom stereocenters. The molecule has 2 atom stereocenters. The summed E-state index contributed by atoms with van der Waals surface area (Å²) < 4.78 is 0. The maximum atomic E-state index is 12.7. The Balaban J connectivity index is 1.26. The first-order valence-corrected chi connectivity index (χ1v) is 13.7. The summed E-state index contributed by atoms with van der Waals surface area (Å²) in [6, 6.07) is 0.426. The number of nitrogens with one attached hydrogen (secondary N) is 2. The molecule has 198 valence electrons. The van der Waals surface area contributed by atoms with Gasteiger partial charge in [-0.25, -0.2) is 0 Å². The Labute approximate surface area is 210 Å². The number of hydrogen-bond acceptors (Lipinski definition) is 5. The van der Waals surface area contributed by atoms with E-state index in [1.54, 1.807) is 0 Å². The van der Waals surface area contributed by atoms with Gasteiger partial charge >= 0.3 is 0 Å². The summed E-state index contributed by atoms with van der Waals surface area (Å²) in [5, 5.41) is 6.31. The Morgan fingerprint density at radius 1 is 1.00 bits per heavy atom. The van der Waals surface area contributed by atoms with Crippen molar-refractivity contribution in [2.24, 2.45) is 23.2 Å². The lowest BCUT2D eigenvalue weighted by Gasteiger charge is -2.31. The second kappa shape index (κ2) is 12.3. The summed E-state index contributed by atoms with van der Waals surface area (Å²) in [6.45, 7) is 8.88. The van der Waals surface area contributed by atoms with Gasteiger partial charge in [-0.2, -0.15) is 0 Å². The van der Waals surface area contributed by atoms with Crippen molar-refractivity contribution in [1.29, 1.82) is 0 Å². The molecule has 2 N–H and O–H groups in total. The molecule has 1 saturated carbocycles. The third-order valence-corrected chi connectivity index (χ3v) is 8.26. The first-order chi connectivity index (χ1) is 16.6. The molecule has 0 aromatic carbocycles. The fourth-order valence-electron chi connectivity index (χ4n) is 5.73. The lowest BCUT2D eigenvalue weighted by Crippen LogP contribution is -2.39. The van der Waals surface area contributed by atoms with Crippen molar-refractivity contribution in [2.45, 2.75) is 91.0 Å². The van der Waals surface area contributed by atoms with Crippen molar-refractivity contribution in [3.63, 3.8) is 0 Å². The maximum Gasteiger partial charge on any atom is 0.233 e. The topological polar surface area (TPSA) is 98.8 Å². The van der Waals surface area contributed by atoms with Crippen LogP contribution in [0.15, 0.2) is 0 Å². The molecule has 35 heavy (non-hydrogen) atoms. The molecule has 0 aromatic rings. The van der Waals surface area contributed by atoms with Crippen LogP contribution in [0.1, 0.15) is 85.0 Å². The molecule has 4 amide bonds. The molecule has 2 heterocycles. The number of likely N-dealkylation sites (N-methyl/N-ethyl adjacent to an activating group) is 1. The van der Waals surface area contributed by atoms with Crippen molar-refractivity contribution >= 4 is 23.6 Å². The van der Waals surface area contributed by atoms with Gasteiger partial charge in [-0.1, -0.05) is 27.2 Å². The van der Waals surface area contributed by atoms with Gasteiger partial charge in [0.25, 0.3) is 0 Å². The highest BCUT2D eigenvalue weighted by molar-refractivity contribution is 6.03. The van der Waals surface area contributed by atoms with Crippen molar-refractivity contribution in [3.05, 3.63) is 0 Å². The Hall–Kier alpha value is -1.96. The van der Waals surface area contributed by atoms with Gasteiger partial charge in [0, 0.05) is 51.0 Å². The van der Waals surface area contributed by atoms with E-state index in [-0.39, 0.29) is 40.9 Å². The summed E-state index contributed by atoms with van der Waals surface area (Å²) in [7, 11) is 1.94. The molecule has 2 aliphatic heterocycles. The third kappa shape index (κ3) is 7.51. The number of rotatable bonds is 10. The molecule has 3 aliphatic rings. The fraction of sp³-hybridized carbons (Fsp3) is 0.852. The number of carbonyl (C=O) groups is 4. The van der Waals surface area contributed by atoms with Crippen LogP contribution in [0, 0.1) is 23.2 Å². The quantitative estimate of drug-likeness (QED) is 0.362. The standard InChI is InChI=1S/C27H46N4O4/c1-27(2,3)22-16-24(33)31(26(22)35)17-19-9-11-20(12-10-19)25(34)29-14-7-5-6-8-23(32)30-15-13-21(18-30)28-4/h19-22,28H,5-18H2,1-4H3,(H,29,34)/t19?,20?,21-,22?/m1/s1. The van der Waals surface area contributed by atoms with E-state index >= 15 is 0 Å². The van der Waals surface area contributed by atoms with Crippen LogP contribution in [-0.2, 0) is 19.2 Å². The molecule has 0 radical (unpaired) electrons. The van der Waals surface area contributed by atoms with Gasteiger partial charge in [0.15, 0.2) is 0 Å². The highest BCUT2D eigenvalue weighted by atomic mass is 16.2. The number of amides is 4. The van der Waals surface area contributed by atoms with Gasteiger partial charge in [-0.15, -0.1) is 0 Å². The van der Waals surface area contributed by atoms with Crippen LogP contribution in [-0.4, -0.2) is 72.7 Å². The van der Waals surface area contributed by atoms with Crippen LogP contribution < -0.4 is 10.6 Å². The molecule has 3 rings (SSSR count). The summed E-state index contributed by atoms with van der Waals surface area (Å²) in [4.78, 5) is 53.5. The number of hydrogen-bond donors (Lipinski definition) is 2. The lowest BCUT2D eigenvalue weighted by atomic mass is 9.79. The van der Waals surface area contributed by atoms with Crippen molar-refractivity contribution < 1.29 is 19.2 Å². The van der Waals surface area contributed by atoms with Crippen LogP contribution in [0.3, 0.4) is 0 Å². The van der Waals surface area contributed by atoms with Gasteiger partial charge < -0.3 is 15.5 Å². The number of unbranched alkanes of at least 4 members (excludes halogenated alkanes) is 2. The normalized spacial score (nSPS) is 27.5. The van der Waals surface area contributed by atoms with E-state index in [1.807, 2.05) is 32.7 Å². The van der Waals surface area contributed by atoms with E-state index in [1.165, 1.54) is 4.90 Å². The zero-order valence-electron chi connectivity index (χ0n) is 22.2. The molecule has 0 bridgehead atoms. The van der Waals surface area contributed by atoms with E-state index in [9.17, 15) is 19.2 Å². The summed E-state index contributed by atoms with van der Waals surface area (Å²) in [5.41, 5.74) is -0.198. The summed E-state index contributed by atoms with van der Waals surface area (Å²) in [6.07, 6.45) is 8.02. The molecule has 1 aliphatic carbocycles. The highest BCUT2D eigenvalue weighted by Gasteiger charge is 2.45. The number of nitrogens with zero attached hydrogens (tertiary/aromatic N) is 2. The molecule has 2 saturated heterocycles. The van der Waals surface area contributed by atoms with E-state index in [0.717, 1.165) is 64.5 Å². The van der Waals surface area contributed by atoms with Crippen LogP contribution in [0.4, 0.5) is 0 Å². The zero-order valence-corrected chi connectivity index (χ0v) is 22.2. The largest absolute Gasteiger partial charge is 0.356 e. The Kier molecular flexibility index (Phi) is 9.73. The fourth-order valence-corrected chi connectivity index (χ4v) is 5.73. The predicted octanol–water partition coefficient (Wildman–Crippen LogP) is 2.71. The third-order valence-electron chi connectivity index (χ3n) is 8.26. The number of imide groups is 1. The van der Waals surface area contributed by atoms with Gasteiger partial charge in [-0.05, 0) is 63.3 Å². The lowest BCUT2D eigenvalue weighted by molar-refractivity contribution is -0.141. The van der Waals surface area contributed by atoms with Gasteiger partial charge in [0.1, 0.15) is 0 Å². The summed E-state index contributed by atoms with van der Waals surface area (Å²) >= 11 is 0. The van der Waals surface area contributed by atoms with Gasteiger partial charge in [-0.3, -0.25) is 24.1 Å². The smallest absolute Gasteiger partial charge is 0.233 e. The van der Waals surface area contributed by atoms with E-state index in [4.69, 9.17) is 0 Å². The minimum atomic E-state index is -0.221. The number of likely N-dealkylation sites (tertiary alicyclic amines) is 2. The maximum absolute atomic E-state index is 12.7. The SMILES string of the molecule is CN[C@@H]1CCN(C(=O)CCCCCNC(=O)C2CCC(CN3C(=O)CC(C(C)(C)C)C3=O)CC2)C1. The minimum Gasteiger partial charge on any atom is -0.356 e. The van der Waals surface area contributed by atoms with Crippen molar-refractivity contribution in [2.75, 3.05) is 33.2 Å². The first kappa shape index (κ1) is 27.6. The summed E-state index contributed by atoms with van der Waals surface area (Å²) in [5.74, 6) is 0.398. The first-order valence-electron chi connectivity index (χ1n) is 13.7. The Morgan fingerprint density at radius 3 is 2.31 bits per heavy atom. The molecular formula is C27H46N4O4. The van der Waals surface area contributed by atoms with Gasteiger partial charge in [0.2, 0.25) is 23.6 Å². The molecular weight excluding hydrogens is 444 g/mol. The van der Waals surface area contributed by atoms with Crippen LogP contribution in [0.2, 0.25) is 0 Å². The minimum absolute atomic E-state index is 0.0216. The molecule has 8 heteroatoms. The molecule has 0 spiro atoms. The van der Waals surface area contributed by atoms with Crippen molar-refractivity contribution in [1.82, 2.24) is 20.4 Å². The van der Waals surface area contributed by atoms with Crippen LogP contribution in [0.5, 0.6) is 0 Å². The van der Waals surface area contributed by atoms with E-state index in [0.29, 0.717) is 37.9 Å².